The predicted molar refractivity (Wildman–Crippen MR) is 83.3 cm³/mol. The van der Waals surface area contributed by atoms with Gasteiger partial charge in [0.15, 0.2) is 0 Å². The van der Waals surface area contributed by atoms with Gasteiger partial charge in [-0.3, -0.25) is 9.71 Å². The average molecular weight is 315 g/mol. The number of pyridine rings is 2. The lowest BCUT2D eigenvalue weighted by atomic mass is 10.1. The molecule has 0 fully saturated rings. The van der Waals surface area contributed by atoms with E-state index in [1.54, 1.807) is 43.6 Å². The number of hydrogen-bond acceptors (Lipinski definition) is 5. The molecule has 0 atom stereocenters. The number of sulfonamides is 1. The van der Waals surface area contributed by atoms with Crippen molar-refractivity contribution in [2.24, 2.45) is 0 Å². The largest absolute Gasteiger partial charge is 0.481 e. The quantitative estimate of drug-likeness (QED) is 0.799. The second-order valence-corrected chi connectivity index (χ2v) is 6.23. The van der Waals surface area contributed by atoms with Gasteiger partial charge in [-0.2, -0.15) is 0 Å². The standard InChI is InChI=1S/C15H13N3O3S/c1-21-15-14-5-4-12(9-11(14)6-8-17-15)18-22(19,20)13-3-2-7-16-10-13/h2-10,18H,1H3. The molecule has 0 aliphatic carbocycles. The molecule has 1 N–H and O–H groups in total. The van der Waals surface area contributed by atoms with Gasteiger partial charge in [0.2, 0.25) is 5.88 Å². The van der Waals surface area contributed by atoms with E-state index in [-0.39, 0.29) is 4.90 Å². The molecule has 3 rings (SSSR count). The molecule has 0 saturated heterocycles. The summed E-state index contributed by atoms with van der Waals surface area (Å²) < 4.78 is 32.3. The molecule has 0 spiro atoms. The van der Waals surface area contributed by atoms with Crippen molar-refractivity contribution in [3.05, 3.63) is 55.0 Å². The molecule has 0 unspecified atom stereocenters. The minimum absolute atomic E-state index is 0.113. The van der Waals surface area contributed by atoms with E-state index in [0.29, 0.717) is 11.6 Å². The molecular weight excluding hydrogens is 302 g/mol. The van der Waals surface area contributed by atoms with E-state index in [2.05, 4.69) is 14.7 Å². The first-order valence-electron chi connectivity index (χ1n) is 6.46. The van der Waals surface area contributed by atoms with Gasteiger partial charge in [-0.25, -0.2) is 13.4 Å². The van der Waals surface area contributed by atoms with Gasteiger partial charge in [0, 0.05) is 29.7 Å². The molecule has 0 aliphatic heterocycles. The van der Waals surface area contributed by atoms with E-state index in [4.69, 9.17) is 4.74 Å². The summed E-state index contributed by atoms with van der Waals surface area (Å²) in [6.07, 6.45) is 4.44. The molecular formula is C15H13N3O3S. The van der Waals surface area contributed by atoms with E-state index >= 15 is 0 Å². The van der Waals surface area contributed by atoms with Crippen LogP contribution in [0.3, 0.4) is 0 Å². The Morgan fingerprint density at radius 3 is 2.73 bits per heavy atom. The van der Waals surface area contributed by atoms with Crippen LogP contribution in [0.25, 0.3) is 10.8 Å². The SMILES string of the molecule is COc1nccc2cc(NS(=O)(=O)c3cccnc3)ccc12. The highest BCUT2D eigenvalue weighted by Crippen LogP contribution is 2.26. The van der Waals surface area contributed by atoms with Gasteiger partial charge in [-0.05, 0) is 41.8 Å². The smallest absolute Gasteiger partial charge is 0.263 e. The highest BCUT2D eigenvalue weighted by molar-refractivity contribution is 7.92. The van der Waals surface area contributed by atoms with Crippen LogP contribution < -0.4 is 9.46 Å². The monoisotopic (exact) mass is 315 g/mol. The minimum Gasteiger partial charge on any atom is -0.481 e. The first kappa shape index (κ1) is 14.3. The fourth-order valence-electron chi connectivity index (χ4n) is 2.10. The zero-order chi connectivity index (χ0) is 15.6. The summed E-state index contributed by atoms with van der Waals surface area (Å²) in [5.74, 6) is 0.499. The van der Waals surface area contributed by atoms with Crippen molar-refractivity contribution in [1.29, 1.82) is 0 Å². The van der Waals surface area contributed by atoms with Gasteiger partial charge in [-0.15, -0.1) is 0 Å². The fraction of sp³-hybridized carbons (Fsp3) is 0.0667. The maximum Gasteiger partial charge on any atom is 0.263 e. The van der Waals surface area contributed by atoms with Gasteiger partial charge in [0.25, 0.3) is 10.0 Å². The number of aromatic nitrogens is 2. The molecule has 2 aromatic heterocycles. The Balaban J connectivity index is 1.98. The van der Waals surface area contributed by atoms with E-state index in [1.165, 1.54) is 18.5 Å². The van der Waals surface area contributed by atoms with E-state index in [0.717, 1.165) is 10.8 Å². The molecule has 0 radical (unpaired) electrons. The maximum absolute atomic E-state index is 12.3. The van der Waals surface area contributed by atoms with Gasteiger partial charge in [0.05, 0.1) is 7.11 Å². The van der Waals surface area contributed by atoms with Gasteiger partial charge in [0.1, 0.15) is 4.90 Å². The van der Waals surface area contributed by atoms with Gasteiger partial charge >= 0.3 is 0 Å². The molecule has 0 bridgehead atoms. The molecule has 0 amide bonds. The van der Waals surface area contributed by atoms with Crippen molar-refractivity contribution in [2.75, 3.05) is 11.8 Å². The Kier molecular flexibility index (Phi) is 3.64. The van der Waals surface area contributed by atoms with Crippen LogP contribution in [-0.4, -0.2) is 25.5 Å². The Hall–Kier alpha value is -2.67. The first-order chi connectivity index (χ1) is 10.6. The molecule has 0 aliphatic rings. The number of rotatable bonds is 4. The highest BCUT2D eigenvalue weighted by atomic mass is 32.2. The number of methoxy groups -OCH3 is 1. The van der Waals surface area contributed by atoms with Crippen molar-refractivity contribution < 1.29 is 13.2 Å². The lowest BCUT2D eigenvalue weighted by molar-refractivity contribution is 0.403. The Labute approximate surface area is 127 Å². The normalized spacial score (nSPS) is 11.3. The number of fused-ring (bicyclic) bond motifs is 1. The first-order valence-corrected chi connectivity index (χ1v) is 7.94. The summed E-state index contributed by atoms with van der Waals surface area (Å²) >= 11 is 0. The summed E-state index contributed by atoms with van der Waals surface area (Å²) in [7, 11) is -2.11. The van der Waals surface area contributed by atoms with Crippen LogP contribution in [0.15, 0.2) is 59.9 Å². The second kappa shape index (κ2) is 5.61. The van der Waals surface area contributed by atoms with Crippen molar-refractivity contribution in [1.82, 2.24) is 9.97 Å². The fourth-order valence-corrected chi connectivity index (χ4v) is 3.11. The maximum atomic E-state index is 12.3. The van der Waals surface area contributed by atoms with E-state index in [9.17, 15) is 8.42 Å². The lowest BCUT2D eigenvalue weighted by Gasteiger charge is -2.09. The molecule has 1 aromatic carbocycles. The summed E-state index contributed by atoms with van der Waals surface area (Å²) in [5, 5.41) is 1.65. The third-order valence-electron chi connectivity index (χ3n) is 3.12. The molecule has 22 heavy (non-hydrogen) atoms. The van der Waals surface area contributed by atoms with E-state index < -0.39 is 10.0 Å². The number of hydrogen-bond donors (Lipinski definition) is 1. The van der Waals surface area contributed by atoms with Crippen LogP contribution in [0, 0.1) is 0 Å². The summed E-state index contributed by atoms with van der Waals surface area (Å²) in [6.45, 7) is 0. The third kappa shape index (κ3) is 2.71. The Bertz CT molecular complexity index is 912. The van der Waals surface area contributed by atoms with E-state index in [1.807, 2.05) is 0 Å². The van der Waals surface area contributed by atoms with Crippen LogP contribution in [0.4, 0.5) is 5.69 Å². The van der Waals surface area contributed by atoms with Gasteiger partial charge < -0.3 is 4.74 Å². The van der Waals surface area contributed by atoms with Crippen molar-refractivity contribution >= 4 is 26.5 Å². The van der Waals surface area contributed by atoms with Crippen molar-refractivity contribution in [3.8, 4) is 5.88 Å². The topological polar surface area (TPSA) is 81.2 Å². The van der Waals surface area contributed by atoms with Crippen LogP contribution in [0.2, 0.25) is 0 Å². The Morgan fingerprint density at radius 1 is 1.14 bits per heavy atom. The molecule has 3 aromatic rings. The minimum atomic E-state index is -3.66. The predicted octanol–water partition coefficient (Wildman–Crippen LogP) is 2.44. The van der Waals surface area contributed by atoms with Crippen LogP contribution in [0.5, 0.6) is 5.88 Å². The van der Waals surface area contributed by atoms with Crippen LogP contribution in [0.1, 0.15) is 0 Å². The number of benzene rings is 1. The molecule has 112 valence electrons. The molecule has 7 heteroatoms. The van der Waals surface area contributed by atoms with Crippen molar-refractivity contribution in [2.45, 2.75) is 4.90 Å². The second-order valence-electron chi connectivity index (χ2n) is 4.55. The summed E-state index contributed by atoms with van der Waals surface area (Å²) in [5.41, 5.74) is 0.463. The highest BCUT2D eigenvalue weighted by Gasteiger charge is 2.14. The summed E-state index contributed by atoms with van der Waals surface area (Å²) in [4.78, 5) is 8.04. The van der Waals surface area contributed by atoms with Crippen LogP contribution in [-0.2, 0) is 10.0 Å². The lowest BCUT2D eigenvalue weighted by Crippen LogP contribution is -2.13. The molecule has 0 saturated carbocycles. The number of nitrogens with zero attached hydrogens (tertiary/aromatic N) is 2. The van der Waals surface area contributed by atoms with Gasteiger partial charge in [-0.1, -0.05) is 0 Å². The number of anilines is 1. The van der Waals surface area contributed by atoms with Crippen molar-refractivity contribution in [3.63, 3.8) is 0 Å². The van der Waals surface area contributed by atoms with Crippen LogP contribution >= 0.6 is 0 Å². The number of nitrogens with one attached hydrogen (secondary N) is 1. The molecule has 2 heterocycles. The number of ether oxygens (including phenoxy) is 1. The third-order valence-corrected chi connectivity index (χ3v) is 4.48. The average Bonchev–Trinajstić information content (AvgIpc) is 2.54. The summed E-state index contributed by atoms with van der Waals surface area (Å²) in [6, 6.07) is 10.0. The molecule has 6 nitrogen and oxygen atoms in total. The zero-order valence-corrected chi connectivity index (χ0v) is 12.5. The Morgan fingerprint density at radius 2 is 2.00 bits per heavy atom. The zero-order valence-electron chi connectivity index (χ0n) is 11.7.